The summed E-state index contributed by atoms with van der Waals surface area (Å²) in [5.41, 5.74) is 0.816. The summed E-state index contributed by atoms with van der Waals surface area (Å²) in [5, 5.41) is 10.3. The highest BCUT2D eigenvalue weighted by atomic mass is 19.4. The van der Waals surface area contributed by atoms with Crippen LogP contribution in [0.25, 0.3) is 0 Å². The molecule has 0 saturated carbocycles. The average molecular weight is 296 g/mol. The highest BCUT2D eigenvalue weighted by Crippen LogP contribution is 2.32. The van der Waals surface area contributed by atoms with Crippen molar-refractivity contribution < 1.29 is 23.0 Å². The number of halogens is 3. The van der Waals surface area contributed by atoms with E-state index < -0.39 is 17.8 Å². The first-order valence-corrected chi connectivity index (χ1v) is 6.35. The normalized spacial score (nSPS) is 13.2. The van der Waals surface area contributed by atoms with Gasteiger partial charge in [0.15, 0.2) is 0 Å². The third kappa shape index (κ3) is 3.83. The maximum Gasteiger partial charge on any atom is 0.416 e. The van der Waals surface area contributed by atoms with Crippen LogP contribution in [0.1, 0.15) is 28.4 Å². The summed E-state index contributed by atoms with van der Waals surface area (Å²) in [7, 11) is 1.55. The Kier molecular flexibility index (Phi) is 4.65. The number of hydrogen-bond donors (Lipinski definition) is 1. The molecule has 1 unspecified atom stereocenters. The Balaban J connectivity index is 2.31. The van der Waals surface area contributed by atoms with Gasteiger partial charge in [-0.25, -0.2) is 0 Å². The number of aliphatic hydroxyl groups excluding tert-OH is 1. The van der Waals surface area contributed by atoms with Crippen molar-refractivity contribution in [2.75, 3.05) is 7.11 Å². The molecule has 112 valence electrons. The topological polar surface area (TPSA) is 29.5 Å². The van der Waals surface area contributed by atoms with Gasteiger partial charge in [-0.2, -0.15) is 13.2 Å². The van der Waals surface area contributed by atoms with E-state index in [0.29, 0.717) is 12.2 Å². The van der Waals surface area contributed by atoms with E-state index in [9.17, 15) is 18.3 Å². The number of alkyl halides is 3. The second-order valence-electron chi connectivity index (χ2n) is 4.70. The number of methoxy groups -OCH3 is 1. The number of benzene rings is 2. The van der Waals surface area contributed by atoms with Crippen LogP contribution in [0.4, 0.5) is 13.2 Å². The van der Waals surface area contributed by atoms with E-state index in [1.165, 1.54) is 12.1 Å². The van der Waals surface area contributed by atoms with E-state index in [0.717, 1.165) is 17.7 Å². The first-order valence-electron chi connectivity index (χ1n) is 6.35. The van der Waals surface area contributed by atoms with Gasteiger partial charge in [0.2, 0.25) is 0 Å². The smallest absolute Gasteiger partial charge is 0.384 e. The Labute approximate surface area is 120 Å². The van der Waals surface area contributed by atoms with Gasteiger partial charge in [0, 0.05) is 7.11 Å². The fourth-order valence-electron chi connectivity index (χ4n) is 2.10. The highest BCUT2D eigenvalue weighted by molar-refractivity contribution is 5.35. The monoisotopic (exact) mass is 296 g/mol. The molecule has 1 atom stereocenters. The average Bonchev–Trinajstić information content (AvgIpc) is 2.46. The fourth-order valence-corrected chi connectivity index (χ4v) is 2.10. The molecule has 0 amide bonds. The van der Waals surface area contributed by atoms with E-state index in [1.807, 2.05) is 6.07 Å². The number of rotatable bonds is 4. The van der Waals surface area contributed by atoms with E-state index >= 15 is 0 Å². The number of ether oxygens (including phenoxy) is 1. The Bertz CT molecular complexity index is 608. The Morgan fingerprint density at radius 3 is 2.29 bits per heavy atom. The zero-order valence-corrected chi connectivity index (χ0v) is 11.4. The molecule has 0 radical (unpaired) electrons. The van der Waals surface area contributed by atoms with E-state index in [4.69, 9.17) is 4.74 Å². The van der Waals surface area contributed by atoms with Crippen molar-refractivity contribution in [3.8, 4) is 0 Å². The standard InChI is InChI=1S/C16H15F3O2/c1-21-10-11-4-2-5-12(8-11)15(20)13-6-3-7-14(9-13)16(17,18)19/h2-9,15,20H,10H2,1H3. The minimum atomic E-state index is -4.42. The van der Waals surface area contributed by atoms with Gasteiger partial charge in [-0.15, -0.1) is 0 Å². The Hall–Kier alpha value is -1.85. The van der Waals surface area contributed by atoms with Gasteiger partial charge in [0.1, 0.15) is 6.10 Å². The minimum Gasteiger partial charge on any atom is -0.384 e. The van der Waals surface area contributed by atoms with E-state index in [-0.39, 0.29) is 5.56 Å². The van der Waals surface area contributed by atoms with Crippen LogP contribution in [0, 0.1) is 0 Å². The summed E-state index contributed by atoms with van der Waals surface area (Å²) in [6.07, 6.45) is -5.53. The molecule has 0 heterocycles. The van der Waals surface area contributed by atoms with Gasteiger partial charge < -0.3 is 9.84 Å². The van der Waals surface area contributed by atoms with Gasteiger partial charge >= 0.3 is 6.18 Å². The molecule has 0 bridgehead atoms. The predicted octanol–water partition coefficient (Wildman–Crippen LogP) is 3.93. The lowest BCUT2D eigenvalue weighted by Crippen LogP contribution is -2.07. The zero-order chi connectivity index (χ0) is 15.5. The summed E-state index contributed by atoms with van der Waals surface area (Å²) >= 11 is 0. The van der Waals surface area contributed by atoms with Crippen molar-refractivity contribution in [3.63, 3.8) is 0 Å². The van der Waals surface area contributed by atoms with Crippen LogP contribution in [0.3, 0.4) is 0 Å². The molecule has 0 aliphatic heterocycles. The SMILES string of the molecule is COCc1cccc(C(O)c2cccc(C(F)(F)F)c2)c1. The minimum absolute atomic E-state index is 0.208. The van der Waals surface area contributed by atoms with Crippen molar-refractivity contribution in [3.05, 3.63) is 70.8 Å². The van der Waals surface area contributed by atoms with Gasteiger partial charge in [-0.3, -0.25) is 0 Å². The molecule has 5 heteroatoms. The molecular weight excluding hydrogens is 281 g/mol. The molecule has 1 N–H and O–H groups in total. The molecule has 0 aromatic heterocycles. The molecule has 0 fully saturated rings. The molecule has 0 saturated heterocycles. The summed E-state index contributed by atoms with van der Waals surface area (Å²) < 4.78 is 43.1. The van der Waals surface area contributed by atoms with E-state index in [2.05, 4.69) is 0 Å². The lowest BCUT2D eigenvalue weighted by atomic mass is 9.98. The van der Waals surface area contributed by atoms with Crippen LogP contribution >= 0.6 is 0 Å². The van der Waals surface area contributed by atoms with Crippen LogP contribution in [-0.2, 0) is 17.5 Å². The van der Waals surface area contributed by atoms with Gasteiger partial charge in [-0.05, 0) is 28.8 Å². The largest absolute Gasteiger partial charge is 0.416 e. The molecular formula is C16H15F3O2. The Morgan fingerprint density at radius 2 is 1.67 bits per heavy atom. The molecule has 2 aromatic carbocycles. The van der Waals surface area contributed by atoms with Crippen molar-refractivity contribution in [1.29, 1.82) is 0 Å². The molecule has 21 heavy (non-hydrogen) atoms. The first kappa shape index (κ1) is 15.5. The van der Waals surface area contributed by atoms with Gasteiger partial charge in [0.05, 0.1) is 12.2 Å². The second-order valence-corrected chi connectivity index (χ2v) is 4.70. The van der Waals surface area contributed by atoms with Gasteiger partial charge in [-0.1, -0.05) is 36.4 Å². The molecule has 2 aromatic rings. The van der Waals surface area contributed by atoms with Crippen molar-refractivity contribution >= 4 is 0 Å². The Morgan fingerprint density at radius 1 is 1.05 bits per heavy atom. The van der Waals surface area contributed by atoms with Gasteiger partial charge in [0.25, 0.3) is 0 Å². The molecule has 2 rings (SSSR count). The molecule has 0 aliphatic rings. The highest BCUT2D eigenvalue weighted by Gasteiger charge is 2.30. The number of hydrogen-bond acceptors (Lipinski definition) is 2. The third-order valence-corrected chi connectivity index (χ3v) is 3.11. The summed E-state index contributed by atoms with van der Waals surface area (Å²) in [5.74, 6) is 0. The maximum absolute atomic E-state index is 12.7. The van der Waals surface area contributed by atoms with Crippen molar-refractivity contribution in [2.45, 2.75) is 18.9 Å². The van der Waals surface area contributed by atoms with E-state index in [1.54, 1.807) is 25.3 Å². The predicted molar refractivity (Wildman–Crippen MR) is 72.7 cm³/mol. The van der Waals surface area contributed by atoms with Crippen LogP contribution in [0.2, 0.25) is 0 Å². The van der Waals surface area contributed by atoms with Crippen LogP contribution in [-0.4, -0.2) is 12.2 Å². The molecule has 2 nitrogen and oxygen atoms in total. The lowest BCUT2D eigenvalue weighted by Gasteiger charge is -2.15. The zero-order valence-electron chi connectivity index (χ0n) is 11.4. The van der Waals surface area contributed by atoms with Crippen molar-refractivity contribution in [1.82, 2.24) is 0 Å². The summed E-state index contributed by atoms with van der Waals surface area (Å²) in [6.45, 7) is 0.378. The van der Waals surface area contributed by atoms with Crippen molar-refractivity contribution in [2.24, 2.45) is 0 Å². The quantitative estimate of drug-likeness (QED) is 0.926. The third-order valence-electron chi connectivity index (χ3n) is 3.11. The molecule has 0 spiro atoms. The maximum atomic E-state index is 12.7. The lowest BCUT2D eigenvalue weighted by molar-refractivity contribution is -0.137. The number of aliphatic hydroxyl groups is 1. The first-order chi connectivity index (χ1) is 9.91. The second kappa shape index (κ2) is 6.28. The van der Waals surface area contributed by atoms with Crippen LogP contribution in [0.5, 0.6) is 0 Å². The molecule has 0 aliphatic carbocycles. The fraction of sp³-hybridized carbons (Fsp3) is 0.250. The van der Waals surface area contributed by atoms with Crippen LogP contribution in [0.15, 0.2) is 48.5 Å². The summed E-state index contributed by atoms with van der Waals surface area (Å²) in [6, 6.07) is 11.7. The van der Waals surface area contributed by atoms with Crippen LogP contribution < -0.4 is 0 Å². The summed E-state index contributed by atoms with van der Waals surface area (Å²) in [4.78, 5) is 0.